The van der Waals surface area contributed by atoms with E-state index >= 15 is 0 Å². The molecule has 0 fully saturated rings. The highest BCUT2D eigenvalue weighted by Gasteiger charge is 2.13. The maximum absolute atomic E-state index is 5.74. The Labute approximate surface area is 129 Å². The molecule has 2 aromatic carbocycles. The lowest BCUT2D eigenvalue weighted by Crippen LogP contribution is -2.16. The molecule has 1 atom stereocenters. The second-order valence-corrected chi connectivity index (χ2v) is 6.35. The molecule has 0 radical (unpaired) electrons. The second kappa shape index (κ2) is 7.42. The molecule has 0 bridgehead atoms. The highest BCUT2D eigenvalue weighted by Crippen LogP contribution is 2.24. The zero-order valence-electron chi connectivity index (χ0n) is 13.5. The SMILES string of the molecule is Cc1cccc(-c2ccc(CC(CCN)C(C)C)cc2)c1. The minimum Gasteiger partial charge on any atom is -0.330 e. The zero-order chi connectivity index (χ0) is 15.2. The fourth-order valence-corrected chi connectivity index (χ4v) is 2.85. The molecule has 2 rings (SSSR count). The lowest BCUT2D eigenvalue weighted by molar-refractivity contribution is 0.362. The molecule has 112 valence electrons. The van der Waals surface area contributed by atoms with E-state index in [4.69, 9.17) is 5.73 Å². The largest absolute Gasteiger partial charge is 0.330 e. The highest BCUT2D eigenvalue weighted by atomic mass is 14.5. The third-order valence-electron chi connectivity index (χ3n) is 4.28. The van der Waals surface area contributed by atoms with E-state index in [1.54, 1.807) is 0 Å². The van der Waals surface area contributed by atoms with Gasteiger partial charge in [0.25, 0.3) is 0 Å². The highest BCUT2D eigenvalue weighted by molar-refractivity contribution is 5.64. The molecule has 0 aliphatic carbocycles. The number of aryl methyl sites for hydroxylation is 1. The Bertz CT molecular complexity index is 554. The molecule has 1 nitrogen and oxygen atoms in total. The Hall–Kier alpha value is -1.60. The fourth-order valence-electron chi connectivity index (χ4n) is 2.85. The average molecular weight is 281 g/mol. The monoisotopic (exact) mass is 281 g/mol. The van der Waals surface area contributed by atoms with Crippen molar-refractivity contribution in [1.82, 2.24) is 0 Å². The fraction of sp³-hybridized carbons (Fsp3) is 0.400. The molecule has 0 saturated heterocycles. The molecule has 2 aromatic rings. The molecule has 0 heterocycles. The summed E-state index contributed by atoms with van der Waals surface area (Å²) in [5, 5.41) is 0. The van der Waals surface area contributed by atoms with Crippen molar-refractivity contribution >= 4 is 0 Å². The van der Waals surface area contributed by atoms with Crippen LogP contribution in [0.2, 0.25) is 0 Å². The summed E-state index contributed by atoms with van der Waals surface area (Å²) in [6.45, 7) is 7.50. The third kappa shape index (κ3) is 4.44. The van der Waals surface area contributed by atoms with E-state index in [0.29, 0.717) is 11.8 Å². The lowest BCUT2D eigenvalue weighted by atomic mass is 9.86. The van der Waals surface area contributed by atoms with Crippen LogP contribution in [-0.4, -0.2) is 6.54 Å². The molecule has 0 aromatic heterocycles. The predicted octanol–water partition coefficient (Wildman–Crippen LogP) is 4.83. The third-order valence-corrected chi connectivity index (χ3v) is 4.28. The van der Waals surface area contributed by atoms with Crippen molar-refractivity contribution < 1.29 is 0 Å². The van der Waals surface area contributed by atoms with Gasteiger partial charge in [0.05, 0.1) is 0 Å². The van der Waals surface area contributed by atoms with E-state index in [0.717, 1.165) is 19.4 Å². The van der Waals surface area contributed by atoms with Gasteiger partial charge in [-0.1, -0.05) is 67.9 Å². The van der Waals surface area contributed by atoms with Gasteiger partial charge in [-0.2, -0.15) is 0 Å². The Morgan fingerprint density at radius 3 is 2.24 bits per heavy atom. The molecule has 0 aliphatic heterocycles. The standard InChI is InChI=1S/C20H27N/c1-15(2)19(11-12-21)14-17-7-9-18(10-8-17)20-6-4-5-16(3)13-20/h4-10,13,15,19H,11-12,14,21H2,1-3H3. The molecule has 1 unspecified atom stereocenters. The first-order valence-corrected chi connectivity index (χ1v) is 7.96. The summed E-state index contributed by atoms with van der Waals surface area (Å²) in [7, 11) is 0. The lowest BCUT2D eigenvalue weighted by Gasteiger charge is -2.20. The van der Waals surface area contributed by atoms with E-state index in [1.807, 2.05) is 0 Å². The number of rotatable bonds is 6. The van der Waals surface area contributed by atoms with Crippen LogP contribution >= 0.6 is 0 Å². The summed E-state index contributed by atoms with van der Waals surface area (Å²) in [6.07, 6.45) is 2.24. The van der Waals surface area contributed by atoms with Gasteiger partial charge < -0.3 is 5.73 Å². The first-order valence-electron chi connectivity index (χ1n) is 7.96. The van der Waals surface area contributed by atoms with E-state index in [9.17, 15) is 0 Å². The van der Waals surface area contributed by atoms with Crippen molar-refractivity contribution in [3.63, 3.8) is 0 Å². The molecule has 1 heteroatoms. The summed E-state index contributed by atoms with van der Waals surface area (Å²) < 4.78 is 0. The molecule has 0 spiro atoms. The predicted molar refractivity (Wildman–Crippen MR) is 92.3 cm³/mol. The Kier molecular flexibility index (Phi) is 5.58. The van der Waals surface area contributed by atoms with E-state index in [-0.39, 0.29) is 0 Å². The van der Waals surface area contributed by atoms with E-state index < -0.39 is 0 Å². The van der Waals surface area contributed by atoms with Crippen LogP contribution in [-0.2, 0) is 6.42 Å². The van der Waals surface area contributed by atoms with Crippen LogP contribution in [0.4, 0.5) is 0 Å². The summed E-state index contributed by atoms with van der Waals surface area (Å²) in [6, 6.07) is 17.7. The quantitative estimate of drug-likeness (QED) is 0.806. The van der Waals surface area contributed by atoms with Crippen LogP contribution in [0.15, 0.2) is 48.5 Å². The molecular weight excluding hydrogens is 254 g/mol. The Morgan fingerprint density at radius 2 is 1.67 bits per heavy atom. The van der Waals surface area contributed by atoms with Gasteiger partial charge in [0, 0.05) is 0 Å². The van der Waals surface area contributed by atoms with Crippen LogP contribution in [0.25, 0.3) is 11.1 Å². The molecular formula is C20H27N. The van der Waals surface area contributed by atoms with E-state index in [2.05, 4.69) is 69.3 Å². The smallest absolute Gasteiger partial charge is 0.00744 e. The van der Waals surface area contributed by atoms with Crippen molar-refractivity contribution in [3.05, 3.63) is 59.7 Å². The normalized spacial score (nSPS) is 12.6. The maximum Gasteiger partial charge on any atom is -0.00744 e. The van der Waals surface area contributed by atoms with Crippen LogP contribution in [0, 0.1) is 18.8 Å². The Morgan fingerprint density at radius 1 is 0.952 bits per heavy atom. The number of nitrogens with two attached hydrogens (primary N) is 1. The maximum atomic E-state index is 5.74. The molecule has 21 heavy (non-hydrogen) atoms. The summed E-state index contributed by atoms with van der Waals surface area (Å²) >= 11 is 0. The zero-order valence-corrected chi connectivity index (χ0v) is 13.5. The van der Waals surface area contributed by atoms with Crippen LogP contribution in [0.1, 0.15) is 31.4 Å². The van der Waals surface area contributed by atoms with E-state index in [1.165, 1.54) is 22.3 Å². The Balaban J connectivity index is 2.11. The number of hydrogen-bond acceptors (Lipinski definition) is 1. The number of benzene rings is 2. The van der Waals surface area contributed by atoms with Crippen LogP contribution in [0.5, 0.6) is 0 Å². The molecule has 0 amide bonds. The first-order chi connectivity index (χ1) is 10.1. The van der Waals surface area contributed by atoms with Crippen molar-refractivity contribution in [2.45, 2.75) is 33.6 Å². The van der Waals surface area contributed by atoms with Crippen molar-refractivity contribution in [1.29, 1.82) is 0 Å². The van der Waals surface area contributed by atoms with Crippen molar-refractivity contribution in [2.24, 2.45) is 17.6 Å². The van der Waals surface area contributed by atoms with Crippen molar-refractivity contribution in [3.8, 4) is 11.1 Å². The summed E-state index contributed by atoms with van der Waals surface area (Å²) in [4.78, 5) is 0. The van der Waals surface area contributed by atoms with Gasteiger partial charge >= 0.3 is 0 Å². The van der Waals surface area contributed by atoms with Gasteiger partial charge in [0.15, 0.2) is 0 Å². The summed E-state index contributed by atoms with van der Waals surface area (Å²) in [5.41, 5.74) is 11.0. The number of hydrogen-bond donors (Lipinski definition) is 1. The minimum atomic E-state index is 0.680. The van der Waals surface area contributed by atoms with Gasteiger partial charge in [0.1, 0.15) is 0 Å². The second-order valence-electron chi connectivity index (χ2n) is 6.35. The molecule has 2 N–H and O–H groups in total. The molecule has 0 aliphatic rings. The van der Waals surface area contributed by atoms with Gasteiger partial charge in [-0.15, -0.1) is 0 Å². The van der Waals surface area contributed by atoms with Gasteiger partial charge in [-0.05, 0) is 54.8 Å². The topological polar surface area (TPSA) is 26.0 Å². The molecule has 0 saturated carbocycles. The van der Waals surface area contributed by atoms with Crippen LogP contribution < -0.4 is 5.73 Å². The average Bonchev–Trinajstić information content (AvgIpc) is 2.47. The van der Waals surface area contributed by atoms with Gasteiger partial charge in [-0.3, -0.25) is 0 Å². The van der Waals surface area contributed by atoms with Crippen LogP contribution in [0.3, 0.4) is 0 Å². The van der Waals surface area contributed by atoms with Crippen molar-refractivity contribution in [2.75, 3.05) is 6.54 Å². The first kappa shape index (κ1) is 15.8. The summed E-state index contributed by atoms with van der Waals surface area (Å²) in [5.74, 6) is 1.37. The minimum absolute atomic E-state index is 0.680. The van der Waals surface area contributed by atoms with Gasteiger partial charge in [-0.25, -0.2) is 0 Å². The van der Waals surface area contributed by atoms with Gasteiger partial charge in [0.2, 0.25) is 0 Å².